The van der Waals surface area contributed by atoms with E-state index in [0.29, 0.717) is 46.7 Å². The monoisotopic (exact) mass is 647 g/mol. The van der Waals surface area contributed by atoms with E-state index < -0.39 is 0 Å². The second-order valence-electron chi connectivity index (χ2n) is 12.9. The maximum Gasteiger partial charge on any atom is 0.227 e. The normalized spacial score (nSPS) is 16.9. The molecule has 1 unspecified atom stereocenters. The number of nitriles is 1. The number of nitrogens with zero attached hydrogens (tertiary/aromatic N) is 6. The van der Waals surface area contributed by atoms with Gasteiger partial charge in [0, 0.05) is 56.6 Å². The molecule has 2 aliphatic rings. The number of halogens is 1. The Morgan fingerprint density at radius 1 is 1.15 bits per heavy atom. The van der Waals surface area contributed by atoms with E-state index in [1.807, 2.05) is 54.1 Å². The summed E-state index contributed by atoms with van der Waals surface area (Å²) in [5.41, 5.74) is 9.42. The Morgan fingerprint density at radius 3 is 2.72 bits per heavy atom. The molecule has 0 spiro atoms. The van der Waals surface area contributed by atoms with E-state index in [0.717, 1.165) is 71.7 Å². The van der Waals surface area contributed by atoms with Gasteiger partial charge in [-0.15, -0.1) is 0 Å². The van der Waals surface area contributed by atoms with E-state index in [4.69, 9.17) is 26.1 Å². The quantitative estimate of drug-likeness (QED) is 0.215. The van der Waals surface area contributed by atoms with Crippen molar-refractivity contribution in [2.24, 2.45) is 5.92 Å². The Bertz CT molecular complexity index is 2040. The van der Waals surface area contributed by atoms with E-state index in [9.17, 15) is 10.1 Å². The highest BCUT2D eigenvalue weighted by molar-refractivity contribution is 6.35. The molecule has 7 rings (SSSR count). The van der Waals surface area contributed by atoms with Crippen molar-refractivity contribution in [3.8, 4) is 34.3 Å². The zero-order chi connectivity index (χ0) is 32.8. The summed E-state index contributed by atoms with van der Waals surface area (Å²) in [6, 6.07) is 18.7. The molecule has 2 aromatic heterocycles. The number of benzene rings is 3. The molecule has 0 aliphatic carbocycles. The standard InChI is InChI=1S/C37H38ClN7O2/c1-22(2)44-14-12-25-20-45(42-32(25)21-44)33-10-6-9-30(34(33)38)28-7-5-8-29(23(28)3)37-41-31-16-24(15-27(17-39)35(31)47-37)18-43-13-11-26(19-43)36(46)40-4/h5-10,15-16,20,22,26H,11-14,18-19,21H2,1-4H3,(H,40,46). The minimum absolute atomic E-state index is 0.0113. The molecule has 1 atom stereocenters. The zero-order valence-corrected chi connectivity index (χ0v) is 27.9. The minimum Gasteiger partial charge on any atom is -0.435 e. The highest BCUT2D eigenvalue weighted by Crippen LogP contribution is 2.39. The average molecular weight is 648 g/mol. The third-order valence-corrected chi connectivity index (χ3v) is 10.1. The Labute approximate surface area is 279 Å². The predicted octanol–water partition coefficient (Wildman–Crippen LogP) is 6.52. The van der Waals surface area contributed by atoms with Crippen molar-refractivity contribution >= 4 is 28.6 Å². The van der Waals surface area contributed by atoms with Crippen LogP contribution in [0, 0.1) is 24.2 Å². The fourth-order valence-electron chi connectivity index (χ4n) is 6.98. The van der Waals surface area contributed by atoms with Crippen LogP contribution in [0.15, 0.2) is 59.1 Å². The molecular formula is C37H38ClN7O2. The lowest BCUT2D eigenvalue weighted by molar-refractivity contribution is -0.124. The molecule has 1 N–H and O–H groups in total. The van der Waals surface area contributed by atoms with Crippen LogP contribution < -0.4 is 5.32 Å². The minimum atomic E-state index is -0.0113. The number of fused-ring (bicyclic) bond motifs is 2. The van der Waals surface area contributed by atoms with Gasteiger partial charge in [-0.3, -0.25) is 14.6 Å². The van der Waals surface area contributed by atoms with Crippen molar-refractivity contribution in [3.05, 3.63) is 87.7 Å². The third-order valence-electron chi connectivity index (χ3n) is 9.67. The van der Waals surface area contributed by atoms with Gasteiger partial charge in [0.25, 0.3) is 0 Å². The van der Waals surface area contributed by atoms with Gasteiger partial charge in [0.15, 0.2) is 5.58 Å². The molecule has 47 heavy (non-hydrogen) atoms. The Hall–Kier alpha value is -4.49. The molecular weight excluding hydrogens is 610 g/mol. The summed E-state index contributed by atoms with van der Waals surface area (Å²) >= 11 is 7.14. The summed E-state index contributed by atoms with van der Waals surface area (Å²) in [6.45, 7) is 10.5. The van der Waals surface area contributed by atoms with Crippen LogP contribution in [0.3, 0.4) is 0 Å². The van der Waals surface area contributed by atoms with E-state index in [-0.39, 0.29) is 11.8 Å². The molecule has 5 aromatic rings. The molecule has 0 saturated carbocycles. The molecule has 0 bridgehead atoms. The molecule has 1 amide bonds. The summed E-state index contributed by atoms with van der Waals surface area (Å²) in [6.07, 6.45) is 3.91. The van der Waals surface area contributed by atoms with Crippen LogP contribution in [-0.2, 0) is 24.3 Å². The van der Waals surface area contributed by atoms with Gasteiger partial charge in [0.2, 0.25) is 11.8 Å². The van der Waals surface area contributed by atoms with Crippen molar-refractivity contribution in [1.82, 2.24) is 29.9 Å². The Kier molecular flexibility index (Phi) is 8.35. The molecule has 3 aromatic carbocycles. The maximum atomic E-state index is 12.1. The first kappa shape index (κ1) is 31.1. The summed E-state index contributed by atoms with van der Waals surface area (Å²) < 4.78 is 8.20. The number of likely N-dealkylation sites (tertiary alicyclic amines) is 1. The largest absolute Gasteiger partial charge is 0.435 e. The number of nitrogens with one attached hydrogen (secondary N) is 1. The molecule has 1 saturated heterocycles. The predicted molar refractivity (Wildman–Crippen MR) is 183 cm³/mol. The van der Waals surface area contributed by atoms with Crippen molar-refractivity contribution in [3.63, 3.8) is 0 Å². The van der Waals surface area contributed by atoms with Crippen LogP contribution in [0.5, 0.6) is 0 Å². The highest BCUT2D eigenvalue weighted by Gasteiger charge is 2.28. The number of rotatable bonds is 7. The van der Waals surface area contributed by atoms with Crippen molar-refractivity contribution in [2.75, 3.05) is 26.7 Å². The van der Waals surface area contributed by atoms with Crippen molar-refractivity contribution in [1.29, 1.82) is 5.26 Å². The summed E-state index contributed by atoms with van der Waals surface area (Å²) in [5, 5.41) is 18.3. The van der Waals surface area contributed by atoms with Gasteiger partial charge in [0.1, 0.15) is 11.6 Å². The molecule has 10 heteroatoms. The fraction of sp³-hybridized carbons (Fsp3) is 0.351. The highest BCUT2D eigenvalue weighted by atomic mass is 35.5. The number of carbonyl (C=O) groups excluding carboxylic acids is 1. The van der Waals surface area contributed by atoms with Gasteiger partial charge in [0.05, 0.1) is 27.9 Å². The Balaban J connectivity index is 1.19. The van der Waals surface area contributed by atoms with Gasteiger partial charge < -0.3 is 9.73 Å². The summed E-state index contributed by atoms with van der Waals surface area (Å²) in [5.74, 6) is 0.518. The van der Waals surface area contributed by atoms with Crippen LogP contribution in [0.25, 0.3) is 39.4 Å². The van der Waals surface area contributed by atoms with Crippen molar-refractivity contribution < 1.29 is 9.21 Å². The van der Waals surface area contributed by atoms with Crippen LogP contribution in [0.2, 0.25) is 5.02 Å². The average Bonchev–Trinajstić information content (AvgIpc) is 3.82. The smallest absolute Gasteiger partial charge is 0.227 e. The van der Waals surface area contributed by atoms with Crippen LogP contribution >= 0.6 is 11.6 Å². The number of oxazole rings is 1. The topological polar surface area (TPSA) is 103 Å². The summed E-state index contributed by atoms with van der Waals surface area (Å²) in [4.78, 5) is 21.7. The number of carbonyl (C=O) groups is 1. The second-order valence-corrected chi connectivity index (χ2v) is 13.3. The molecule has 9 nitrogen and oxygen atoms in total. The SMILES string of the molecule is CNC(=O)C1CCN(Cc2cc(C#N)c3oc(-c4cccc(-c5cccc(-n6cc7c(n6)CN(C(C)C)CC7)c5Cl)c4C)nc3c2)C1. The van der Waals surface area contributed by atoms with Crippen LogP contribution in [0.4, 0.5) is 0 Å². The van der Waals surface area contributed by atoms with E-state index >= 15 is 0 Å². The Morgan fingerprint density at radius 2 is 1.94 bits per heavy atom. The van der Waals surface area contributed by atoms with Gasteiger partial charge in [-0.2, -0.15) is 10.4 Å². The number of hydrogen-bond acceptors (Lipinski definition) is 7. The lowest BCUT2D eigenvalue weighted by Gasteiger charge is -2.29. The van der Waals surface area contributed by atoms with Gasteiger partial charge in [-0.05, 0) is 86.7 Å². The first-order valence-electron chi connectivity index (χ1n) is 16.2. The number of aromatic nitrogens is 3. The summed E-state index contributed by atoms with van der Waals surface area (Å²) in [7, 11) is 1.68. The second kappa shape index (κ2) is 12.6. The number of hydrogen-bond donors (Lipinski definition) is 1. The molecule has 1 fully saturated rings. The van der Waals surface area contributed by atoms with Gasteiger partial charge in [-0.25, -0.2) is 9.67 Å². The molecule has 240 valence electrons. The maximum absolute atomic E-state index is 12.1. The molecule has 4 heterocycles. The van der Waals surface area contributed by atoms with E-state index in [2.05, 4.69) is 47.3 Å². The zero-order valence-electron chi connectivity index (χ0n) is 27.2. The molecule has 0 radical (unpaired) electrons. The van der Waals surface area contributed by atoms with E-state index in [1.54, 1.807) is 7.05 Å². The van der Waals surface area contributed by atoms with Crippen molar-refractivity contribution in [2.45, 2.75) is 52.7 Å². The van der Waals surface area contributed by atoms with Crippen LogP contribution in [0.1, 0.15) is 48.2 Å². The van der Waals surface area contributed by atoms with E-state index in [1.165, 1.54) is 5.56 Å². The molecule has 2 aliphatic heterocycles. The lowest BCUT2D eigenvalue weighted by Crippen LogP contribution is -2.35. The van der Waals surface area contributed by atoms with Crippen LogP contribution in [-0.4, -0.2) is 63.2 Å². The lowest BCUT2D eigenvalue weighted by atomic mass is 9.96. The van der Waals surface area contributed by atoms with Gasteiger partial charge in [-0.1, -0.05) is 35.9 Å². The van der Waals surface area contributed by atoms with Gasteiger partial charge >= 0.3 is 0 Å². The number of amides is 1. The third kappa shape index (κ3) is 5.82. The fourth-order valence-corrected chi connectivity index (χ4v) is 7.30. The first-order chi connectivity index (χ1) is 22.7. The first-order valence-corrected chi connectivity index (χ1v) is 16.6.